The first kappa shape index (κ1) is 70.2. The number of ether oxygens (including phenoxy) is 7. The van der Waals surface area contributed by atoms with E-state index in [1.807, 2.05) is 61.5 Å². The second-order valence-electron chi connectivity index (χ2n) is 30.2. The molecule has 7 heterocycles. The number of allylic oxidation sites excluding steroid dienone is 4. The SMILES string of the molecule is CC(=O)OC1CC2(C)C(c3ccoc3)CC3OC32C2(C)C(=O)C(O)=C3C(C)(C)C(=O)C=CC3(C)C12.CCC(C(=O)[O-])C1CCC(C)C(C(C)C(O)C(C)C(=O)C(CC)C2OC3(C=CC(O)C4(CCC(C)(C5CCC(O)(CC)C(C)O5)O4)O3)C(C)CC2C)O1.[Na+]. The van der Waals surface area contributed by atoms with E-state index in [1.165, 1.54) is 6.92 Å². The van der Waals surface area contributed by atoms with Gasteiger partial charge in [-0.25, -0.2) is 0 Å². The number of furan rings is 1. The molecule has 1 aromatic heterocycles. The zero-order valence-corrected chi connectivity index (χ0v) is 57.9. The average Bonchev–Trinajstić information content (AvgIpc) is 1.45. The quantitative estimate of drug-likeness (QED) is 0.0689. The van der Waals surface area contributed by atoms with Crippen LogP contribution in [-0.2, 0) is 57.1 Å². The average molecular weight is 1250 g/mol. The maximum Gasteiger partial charge on any atom is 1.00 e. The van der Waals surface area contributed by atoms with Crippen molar-refractivity contribution in [2.45, 2.75) is 277 Å². The maximum atomic E-state index is 14.4. The summed E-state index contributed by atoms with van der Waals surface area (Å²) in [5.41, 5.74) is -4.69. The first-order valence-corrected chi connectivity index (χ1v) is 33.1. The number of carbonyl (C=O) groups excluding carboxylic acids is 5. The van der Waals surface area contributed by atoms with Gasteiger partial charge in [0.1, 0.15) is 23.6 Å². The molecule has 10 aliphatic rings. The van der Waals surface area contributed by atoms with Crippen LogP contribution >= 0.6 is 0 Å². The summed E-state index contributed by atoms with van der Waals surface area (Å²) < 4.78 is 51.4. The Kier molecular flexibility index (Phi) is 19.4. The van der Waals surface area contributed by atoms with Gasteiger partial charge in [0.05, 0.1) is 77.3 Å². The molecule has 4 N–H and O–H groups in total. The molecule has 0 bridgehead atoms. The number of esters is 1. The van der Waals surface area contributed by atoms with Crippen molar-refractivity contribution in [1.29, 1.82) is 0 Å². The van der Waals surface area contributed by atoms with Crippen LogP contribution in [0.25, 0.3) is 0 Å². The summed E-state index contributed by atoms with van der Waals surface area (Å²) >= 11 is 0. The third-order valence-electron chi connectivity index (χ3n) is 24.8. The number of aliphatic hydroxyl groups excluding tert-OH is 3. The number of ketones is 3. The third-order valence-corrected chi connectivity index (χ3v) is 24.8. The number of epoxide rings is 1. The van der Waals surface area contributed by atoms with Crippen molar-refractivity contribution in [3.63, 3.8) is 0 Å². The van der Waals surface area contributed by atoms with Gasteiger partial charge in [-0.3, -0.25) is 19.2 Å². The number of Topliss-reactive ketones (excluding diaryl/α,β-unsaturated/α-hetero) is 2. The van der Waals surface area contributed by atoms with Crippen LogP contribution in [0.2, 0.25) is 0 Å². The summed E-state index contributed by atoms with van der Waals surface area (Å²) in [5.74, 6) is -8.07. The molecule has 19 heteroatoms. The Morgan fingerprint density at radius 1 is 0.843 bits per heavy atom. The Labute approximate surface area is 548 Å². The molecule has 0 aromatic carbocycles. The van der Waals surface area contributed by atoms with Crippen molar-refractivity contribution in [3.05, 3.63) is 59.8 Å². The number of aliphatic carboxylic acids is 1. The molecule has 5 saturated heterocycles. The van der Waals surface area contributed by atoms with Crippen molar-refractivity contribution in [1.82, 2.24) is 0 Å². The van der Waals surface area contributed by atoms with Gasteiger partial charge in [0.15, 0.2) is 17.3 Å². The molecule has 1 aromatic rings. The minimum absolute atomic E-state index is 0. The zero-order chi connectivity index (χ0) is 64.6. The fourth-order valence-electron chi connectivity index (χ4n) is 19.7. The molecular formula is C70H101NaO18. The minimum Gasteiger partial charge on any atom is -0.550 e. The third kappa shape index (κ3) is 10.8. The molecule has 490 valence electrons. The molecule has 4 aliphatic carbocycles. The van der Waals surface area contributed by atoms with E-state index in [1.54, 1.807) is 57.6 Å². The number of rotatable bonds is 14. The maximum absolute atomic E-state index is 14.4. The van der Waals surface area contributed by atoms with Crippen LogP contribution in [0, 0.1) is 69.0 Å². The molecule has 0 amide bonds. The molecule has 11 rings (SSSR count). The van der Waals surface area contributed by atoms with Crippen LogP contribution in [0.5, 0.6) is 0 Å². The molecule has 6 aliphatic heterocycles. The van der Waals surface area contributed by atoms with Gasteiger partial charge in [0, 0.05) is 65.7 Å². The van der Waals surface area contributed by atoms with Crippen molar-refractivity contribution < 1.29 is 117 Å². The van der Waals surface area contributed by atoms with Crippen LogP contribution < -0.4 is 34.7 Å². The Morgan fingerprint density at radius 2 is 1.53 bits per heavy atom. The van der Waals surface area contributed by atoms with Gasteiger partial charge in [-0.15, -0.1) is 0 Å². The first-order chi connectivity index (χ1) is 41.1. The second kappa shape index (κ2) is 24.6. The molecular weight excluding hydrogens is 1150 g/mol. The van der Waals surface area contributed by atoms with Crippen LogP contribution in [0.1, 0.15) is 199 Å². The molecule has 89 heavy (non-hydrogen) atoms. The van der Waals surface area contributed by atoms with Crippen molar-refractivity contribution in [2.24, 2.45) is 69.0 Å². The fraction of sp³-hybridized carbons (Fsp3) is 0.786. The number of aliphatic hydroxyl groups is 4. The van der Waals surface area contributed by atoms with E-state index in [-0.39, 0.29) is 88.9 Å². The zero-order valence-electron chi connectivity index (χ0n) is 55.9. The van der Waals surface area contributed by atoms with E-state index < -0.39 is 134 Å². The number of carboxylic acids is 1. The number of fused-ring (bicyclic) bond motifs is 3. The van der Waals surface area contributed by atoms with Crippen molar-refractivity contribution in [3.8, 4) is 0 Å². The largest absolute Gasteiger partial charge is 1.00 e. The fourth-order valence-corrected chi connectivity index (χ4v) is 19.7. The monoisotopic (exact) mass is 1250 g/mol. The Morgan fingerprint density at radius 3 is 2.13 bits per heavy atom. The molecule has 26 atom stereocenters. The predicted molar refractivity (Wildman–Crippen MR) is 320 cm³/mol. The molecule has 0 radical (unpaired) electrons. The standard InChI is InChI=1S/C42H70O11.C28H32O7.Na/c1-11-29(38(46)47)31-15-14-23(4)36(50-31)27(8)34(44)26(7)35(45)30(12-2)37-24(5)22-25(6)41(51-37)19-16-32(43)42(53-41)21-20-39(10,52-42)33-17-18-40(48,13-3)28(9)49-33;1-14(29)34-17-12-26(5)16(15-8-10-33-13-15)11-19-28(26,35-19)27(6)21(17)25(4)9-7-18(30)24(2,3)22(25)20(31)23(27)32;/h16,19,23-34,36-37,43-44,48H,11-15,17-18,20-22H2,1-10H3,(H,46,47);7-10,13,16-17,19,21,31H,11-12H2,1-6H3;/q;;+1/p-1. The van der Waals surface area contributed by atoms with Crippen LogP contribution in [0.4, 0.5) is 0 Å². The first-order valence-electron chi connectivity index (χ1n) is 33.1. The van der Waals surface area contributed by atoms with E-state index in [2.05, 4.69) is 27.7 Å². The Balaban J connectivity index is 0.000000225. The molecule has 3 spiro atoms. The van der Waals surface area contributed by atoms with Crippen LogP contribution in [0.15, 0.2) is 58.6 Å². The predicted octanol–water partition coefficient (Wildman–Crippen LogP) is 6.29. The van der Waals surface area contributed by atoms with E-state index in [4.69, 9.17) is 37.6 Å². The summed E-state index contributed by atoms with van der Waals surface area (Å²) in [6.07, 6.45) is 12.4. The smallest absolute Gasteiger partial charge is 0.550 e. The van der Waals surface area contributed by atoms with Gasteiger partial charge in [0.2, 0.25) is 11.6 Å². The molecule has 2 saturated carbocycles. The molecule has 26 unspecified atom stereocenters. The number of hydrogen-bond donors (Lipinski definition) is 4. The Hall–Kier alpha value is -3.11. The summed E-state index contributed by atoms with van der Waals surface area (Å²) in [7, 11) is 0. The van der Waals surface area contributed by atoms with Crippen LogP contribution in [0.3, 0.4) is 0 Å². The Bertz CT molecular complexity index is 2960. The van der Waals surface area contributed by atoms with Gasteiger partial charge in [0.25, 0.3) is 0 Å². The number of carboxylic acid groups (broad SMARTS) is 1. The van der Waals surface area contributed by atoms with Crippen molar-refractivity contribution in [2.75, 3.05) is 0 Å². The van der Waals surface area contributed by atoms with E-state index in [9.17, 15) is 49.5 Å². The van der Waals surface area contributed by atoms with Crippen LogP contribution in [-0.4, -0.2) is 133 Å². The minimum atomic E-state index is -1.37. The summed E-state index contributed by atoms with van der Waals surface area (Å²) in [5, 5.41) is 57.5. The van der Waals surface area contributed by atoms with Crippen molar-refractivity contribution >= 4 is 29.3 Å². The summed E-state index contributed by atoms with van der Waals surface area (Å²) in [6.45, 7) is 30.3. The topological polar surface area (TPSA) is 270 Å². The number of carbonyl (C=O) groups is 5. The molecule has 7 fully saturated rings. The van der Waals surface area contributed by atoms with Gasteiger partial charge in [-0.2, -0.15) is 0 Å². The van der Waals surface area contributed by atoms with E-state index in [0.717, 1.165) is 12.0 Å². The number of hydrogen-bond acceptors (Lipinski definition) is 18. The van der Waals surface area contributed by atoms with Gasteiger partial charge in [-0.1, -0.05) is 75.3 Å². The second-order valence-corrected chi connectivity index (χ2v) is 30.2. The normalized spacial score (nSPS) is 46.0. The van der Waals surface area contributed by atoms with E-state index >= 15 is 0 Å². The van der Waals surface area contributed by atoms with Gasteiger partial charge >= 0.3 is 35.5 Å². The van der Waals surface area contributed by atoms with Gasteiger partial charge < -0.3 is 67.9 Å². The summed E-state index contributed by atoms with van der Waals surface area (Å²) in [4.78, 5) is 65.8. The van der Waals surface area contributed by atoms with Gasteiger partial charge in [-0.05, 0) is 158 Å². The molecule has 18 nitrogen and oxygen atoms in total. The summed E-state index contributed by atoms with van der Waals surface area (Å²) in [6, 6.07) is 1.95. The van der Waals surface area contributed by atoms with E-state index in [0.29, 0.717) is 76.2 Å².